The number of pyridine rings is 1. The molecular formula is C31H42N3O3+. The van der Waals surface area contributed by atoms with Crippen molar-refractivity contribution in [2.75, 3.05) is 11.9 Å². The number of ether oxygens (including phenoxy) is 1. The lowest BCUT2D eigenvalue weighted by Gasteiger charge is -2.52. The summed E-state index contributed by atoms with van der Waals surface area (Å²) in [4.78, 5) is 30.7. The second kappa shape index (κ2) is 11.3. The molecule has 1 aromatic carbocycles. The fourth-order valence-electron chi connectivity index (χ4n) is 7.01. The summed E-state index contributed by atoms with van der Waals surface area (Å²) in [5, 5.41) is 5.40. The van der Waals surface area contributed by atoms with Gasteiger partial charge in [-0.3, -0.25) is 14.6 Å². The second-order valence-electron chi connectivity index (χ2n) is 11.7. The number of carbonyl (C=O) groups excluding carboxylic acids is 2. The number of anilines is 1. The molecule has 0 radical (unpaired) electrons. The van der Waals surface area contributed by atoms with E-state index in [1.807, 2.05) is 37.3 Å². The van der Waals surface area contributed by atoms with E-state index in [4.69, 9.17) is 4.74 Å². The number of quaternary nitrogens is 1. The highest BCUT2D eigenvalue weighted by molar-refractivity contribution is 5.90. The van der Waals surface area contributed by atoms with E-state index in [9.17, 15) is 9.59 Å². The minimum Gasteiger partial charge on any atom is -0.461 e. The Bertz CT molecular complexity index is 1080. The van der Waals surface area contributed by atoms with Gasteiger partial charge in [-0.2, -0.15) is 0 Å². The average Bonchev–Trinajstić information content (AvgIpc) is 3.18. The molecule has 5 rings (SSSR count). The minimum atomic E-state index is -0.502. The predicted octanol–water partition coefficient (Wildman–Crippen LogP) is 4.82. The van der Waals surface area contributed by atoms with Crippen LogP contribution in [0.15, 0.2) is 48.7 Å². The van der Waals surface area contributed by atoms with Crippen LogP contribution >= 0.6 is 0 Å². The van der Waals surface area contributed by atoms with E-state index in [0.717, 1.165) is 81.3 Å². The van der Waals surface area contributed by atoms with Crippen molar-refractivity contribution in [1.29, 1.82) is 0 Å². The van der Waals surface area contributed by atoms with Crippen molar-refractivity contribution >= 4 is 17.6 Å². The van der Waals surface area contributed by atoms with Gasteiger partial charge >= 0.3 is 5.97 Å². The van der Waals surface area contributed by atoms with Gasteiger partial charge < -0.3 is 15.4 Å². The molecule has 2 saturated carbocycles. The number of hydrogen-bond acceptors (Lipinski definition) is 4. The predicted molar refractivity (Wildman–Crippen MR) is 144 cm³/mol. The summed E-state index contributed by atoms with van der Waals surface area (Å²) in [6.45, 7) is 2.96. The molecule has 3 aliphatic rings. The monoisotopic (exact) mass is 504 g/mol. The summed E-state index contributed by atoms with van der Waals surface area (Å²) in [5.74, 6) is 0.0520. The molecule has 3 fully saturated rings. The average molecular weight is 505 g/mol. The molecule has 3 atom stereocenters. The Hall–Kier alpha value is -2.73. The molecule has 1 amide bonds. The lowest BCUT2D eigenvalue weighted by Crippen LogP contribution is -2.93. The van der Waals surface area contributed by atoms with Crippen molar-refractivity contribution in [1.82, 2.24) is 4.98 Å². The lowest BCUT2D eigenvalue weighted by molar-refractivity contribution is -0.705. The zero-order valence-electron chi connectivity index (χ0n) is 22.2. The number of piperidine rings is 1. The Balaban J connectivity index is 1.20. The number of rotatable bonds is 7. The molecule has 2 heterocycles. The van der Waals surface area contributed by atoms with E-state index in [2.05, 4.69) is 27.8 Å². The summed E-state index contributed by atoms with van der Waals surface area (Å²) in [7, 11) is 0. The van der Waals surface area contributed by atoms with Gasteiger partial charge in [-0.15, -0.1) is 0 Å². The van der Waals surface area contributed by atoms with Gasteiger partial charge in [0, 0.05) is 48.7 Å². The standard InChI is InChI=1S/C31H41N3O3/c1-23-21-25(14-19-32-23)34-28(35)12-11-26-22-30(18-20-33-26)17-13-27(30)37-29(36)31(15-7-2-3-8-16-31)24-9-5-4-6-10-24/h4-6,9-10,14,19,21,26-27,33H,2-3,7-8,11-13,15-18,20,22H2,1H3,(H,32,34,35)/p+1/t26?,27-,30?/m0/s1. The van der Waals surface area contributed by atoms with Crippen LogP contribution in [0.3, 0.4) is 0 Å². The number of aryl methyl sites for hydroxylation is 1. The third kappa shape index (κ3) is 5.74. The first-order valence-electron chi connectivity index (χ1n) is 14.3. The molecule has 3 N–H and O–H groups in total. The molecule has 1 spiro atoms. The Kier molecular flexibility index (Phi) is 7.94. The zero-order valence-corrected chi connectivity index (χ0v) is 22.2. The third-order valence-electron chi connectivity index (χ3n) is 9.24. The lowest BCUT2D eigenvalue weighted by atomic mass is 9.59. The fourth-order valence-corrected chi connectivity index (χ4v) is 7.01. The van der Waals surface area contributed by atoms with E-state index in [0.29, 0.717) is 12.5 Å². The van der Waals surface area contributed by atoms with Crippen LogP contribution in [0.5, 0.6) is 0 Å². The van der Waals surface area contributed by atoms with Gasteiger partial charge in [-0.1, -0.05) is 56.0 Å². The highest BCUT2D eigenvalue weighted by Gasteiger charge is 2.54. The molecule has 1 saturated heterocycles. The normalized spacial score (nSPS) is 27.1. The smallest absolute Gasteiger partial charge is 0.316 e. The van der Waals surface area contributed by atoms with Crippen molar-refractivity contribution in [3.8, 4) is 0 Å². The number of carbonyl (C=O) groups is 2. The quantitative estimate of drug-likeness (QED) is 0.418. The molecule has 6 heteroatoms. The molecular weight excluding hydrogens is 462 g/mol. The van der Waals surface area contributed by atoms with Crippen molar-refractivity contribution < 1.29 is 19.6 Å². The topological polar surface area (TPSA) is 84.9 Å². The van der Waals surface area contributed by atoms with E-state index in [1.54, 1.807) is 6.20 Å². The summed E-state index contributed by atoms with van der Waals surface area (Å²) in [6.07, 6.45) is 13.6. The van der Waals surface area contributed by atoms with Crippen LogP contribution in [0.2, 0.25) is 0 Å². The number of nitrogens with zero attached hydrogens (tertiary/aromatic N) is 1. The first-order valence-corrected chi connectivity index (χ1v) is 14.3. The fraction of sp³-hybridized carbons (Fsp3) is 0.581. The Morgan fingerprint density at radius 2 is 1.84 bits per heavy atom. The zero-order chi connectivity index (χ0) is 25.7. The van der Waals surface area contributed by atoms with Crippen LogP contribution in [0, 0.1) is 12.3 Å². The maximum absolute atomic E-state index is 13.9. The van der Waals surface area contributed by atoms with Crippen LogP contribution in [0.1, 0.15) is 88.3 Å². The highest BCUT2D eigenvalue weighted by atomic mass is 16.5. The van der Waals surface area contributed by atoms with Crippen LogP contribution < -0.4 is 10.6 Å². The van der Waals surface area contributed by atoms with Crippen molar-refractivity contribution in [2.45, 2.75) is 102 Å². The maximum atomic E-state index is 13.9. The molecule has 2 aliphatic carbocycles. The van der Waals surface area contributed by atoms with Crippen LogP contribution in [0.4, 0.5) is 5.69 Å². The van der Waals surface area contributed by atoms with Gasteiger partial charge in [-0.05, 0) is 50.3 Å². The van der Waals surface area contributed by atoms with Gasteiger partial charge in [0.25, 0.3) is 0 Å². The Labute approximate surface area is 221 Å². The molecule has 0 bridgehead atoms. The first kappa shape index (κ1) is 25.9. The van der Waals surface area contributed by atoms with Gasteiger partial charge in [0.15, 0.2) is 0 Å². The first-order chi connectivity index (χ1) is 18.0. The highest BCUT2D eigenvalue weighted by Crippen LogP contribution is 2.51. The molecule has 37 heavy (non-hydrogen) atoms. The third-order valence-corrected chi connectivity index (χ3v) is 9.24. The Morgan fingerprint density at radius 1 is 1.05 bits per heavy atom. The van der Waals surface area contributed by atoms with Crippen LogP contribution in [0.25, 0.3) is 0 Å². The van der Waals surface area contributed by atoms with Crippen molar-refractivity contribution in [2.24, 2.45) is 5.41 Å². The molecule has 1 aromatic heterocycles. The summed E-state index contributed by atoms with van der Waals surface area (Å²) < 4.78 is 6.46. The molecule has 2 unspecified atom stereocenters. The van der Waals surface area contributed by atoms with Crippen molar-refractivity contribution in [3.63, 3.8) is 0 Å². The number of aromatic nitrogens is 1. The number of hydrogen-bond donors (Lipinski definition) is 2. The molecule has 198 valence electrons. The second-order valence-corrected chi connectivity index (χ2v) is 11.7. The number of esters is 1. The van der Waals surface area contributed by atoms with Gasteiger partial charge in [-0.25, -0.2) is 0 Å². The number of amides is 1. The number of nitrogens with two attached hydrogens (primary N) is 1. The van der Waals surface area contributed by atoms with Gasteiger partial charge in [0.2, 0.25) is 5.91 Å². The van der Waals surface area contributed by atoms with Gasteiger partial charge in [0.05, 0.1) is 18.0 Å². The molecule has 6 nitrogen and oxygen atoms in total. The van der Waals surface area contributed by atoms with Crippen LogP contribution in [-0.2, 0) is 19.7 Å². The number of nitrogens with one attached hydrogen (secondary N) is 1. The largest absolute Gasteiger partial charge is 0.461 e. The summed E-state index contributed by atoms with van der Waals surface area (Å²) in [5.41, 5.74) is 2.40. The molecule has 2 aromatic rings. The maximum Gasteiger partial charge on any atom is 0.316 e. The number of benzene rings is 1. The van der Waals surface area contributed by atoms with Gasteiger partial charge in [0.1, 0.15) is 6.10 Å². The Morgan fingerprint density at radius 3 is 2.54 bits per heavy atom. The van der Waals surface area contributed by atoms with Crippen LogP contribution in [-0.4, -0.2) is 35.6 Å². The van der Waals surface area contributed by atoms with E-state index < -0.39 is 5.41 Å². The summed E-state index contributed by atoms with van der Waals surface area (Å²) in [6, 6.07) is 14.5. The van der Waals surface area contributed by atoms with E-state index >= 15 is 0 Å². The van der Waals surface area contributed by atoms with E-state index in [-0.39, 0.29) is 23.4 Å². The SMILES string of the molecule is Cc1cc(NC(=O)CCC2CC3(CC[NH2+]2)CC[C@@H]3OC(=O)C2(c3ccccc3)CCCCCC2)ccn1. The van der Waals surface area contributed by atoms with Crippen molar-refractivity contribution in [3.05, 3.63) is 59.9 Å². The summed E-state index contributed by atoms with van der Waals surface area (Å²) >= 11 is 0. The van der Waals surface area contributed by atoms with E-state index in [1.165, 1.54) is 12.8 Å². The molecule has 1 aliphatic heterocycles. The minimum absolute atomic E-state index is 0.00259.